The molecule has 0 saturated carbocycles. The van der Waals surface area contributed by atoms with Gasteiger partial charge in [0.1, 0.15) is 0 Å². The van der Waals surface area contributed by atoms with Crippen molar-refractivity contribution in [2.75, 3.05) is 6.54 Å². The van der Waals surface area contributed by atoms with Gasteiger partial charge in [-0.3, -0.25) is 0 Å². The third kappa shape index (κ3) is 2.07. The summed E-state index contributed by atoms with van der Waals surface area (Å²) in [6.07, 6.45) is 0. The Labute approximate surface area is 91.1 Å². The number of aromatic hydroxyl groups is 1. The van der Waals surface area contributed by atoms with Gasteiger partial charge in [0, 0.05) is 22.0 Å². The highest BCUT2D eigenvalue weighted by atomic mass is 79.9. The number of hydrogen-bond acceptors (Lipinski definition) is 2. The number of benzene rings is 1. The van der Waals surface area contributed by atoms with Crippen LogP contribution in [0.5, 0.6) is 5.75 Å². The van der Waals surface area contributed by atoms with Crippen LogP contribution >= 0.6 is 15.9 Å². The highest BCUT2D eigenvalue weighted by molar-refractivity contribution is 9.10. The molecule has 1 aromatic rings. The molecule has 0 spiro atoms. The second-order valence-corrected chi connectivity index (χ2v) is 4.79. The molecule has 0 amide bonds. The van der Waals surface area contributed by atoms with E-state index in [1.807, 2.05) is 13.8 Å². The first-order valence-electron chi connectivity index (χ1n) is 4.27. The van der Waals surface area contributed by atoms with E-state index < -0.39 is 11.2 Å². The maximum atomic E-state index is 13.2. The summed E-state index contributed by atoms with van der Waals surface area (Å²) in [5.41, 5.74) is 5.64. The van der Waals surface area contributed by atoms with Crippen LogP contribution in [0.2, 0.25) is 0 Å². The summed E-state index contributed by atoms with van der Waals surface area (Å²) in [6.45, 7) is 4.05. The van der Waals surface area contributed by atoms with Gasteiger partial charge in [0.05, 0.1) is 0 Å². The van der Waals surface area contributed by atoms with E-state index in [-0.39, 0.29) is 5.75 Å². The van der Waals surface area contributed by atoms with Gasteiger partial charge < -0.3 is 10.8 Å². The fourth-order valence-electron chi connectivity index (χ4n) is 1.19. The van der Waals surface area contributed by atoms with Crippen LogP contribution in [0.1, 0.15) is 19.4 Å². The van der Waals surface area contributed by atoms with Crippen LogP contribution in [0.15, 0.2) is 16.6 Å². The van der Waals surface area contributed by atoms with Gasteiger partial charge in [-0.15, -0.1) is 0 Å². The van der Waals surface area contributed by atoms with Crippen LogP contribution < -0.4 is 5.73 Å². The van der Waals surface area contributed by atoms with E-state index in [0.717, 1.165) is 0 Å². The molecule has 3 N–H and O–H groups in total. The number of nitrogens with two attached hydrogens (primary N) is 1. The van der Waals surface area contributed by atoms with Crippen molar-refractivity contribution < 1.29 is 9.50 Å². The van der Waals surface area contributed by atoms with Crippen molar-refractivity contribution in [2.45, 2.75) is 19.3 Å². The summed E-state index contributed by atoms with van der Waals surface area (Å²) in [4.78, 5) is 0. The largest absolute Gasteiger partial charge is 0.505 e. The second-order valence-electron chi connectivity index (χ2n) is 3.87. The van der Waals surface area contributed by atoms with E-state index in [2.05, 4.69) is 15.9 Å². The lowest BCUT2D eigenvalue weighted by atomic mass is 9.84. The average Bonchev–Trinajstić information content (AvgIpc) is 2.11. The lowest BCUT2D eigenvalue weighted by Gasteiger charge is -2.24. The van der Waals surface area contributed by atoms with Crippen LogP contribution in [-0.4, -0.2) is 11.7 Å². The van der Waals surface area contributed by atoms with Gasteiger partial charge in [0.2, 0.25) is 0 Å². The molecule has 0 bridgehead atoms. The van der Waals surface area contributed by atoms with Crippen molar-refractivity contribution in [2.24, 2.45) is 5.73 Å². The topological polar surface area (TPSA) is 46.2 Å². The van der Waals surface area contributed by atoms with Gasteiger partial charge in [0.25, 0.3) is 0 Å². The summed E-state index contributed by atoms with van der Waals surface area (Å²) in [7, 11) is 0. The van der Waals surface area contributed by atoms with Crippen LogP contribution in [0.25, 0.3) is 0 Å². The predicted molar refractivity (Wildman–Crippen MR) is 57.8 cm³/mol. The molecule has 0 aliphatic rings. The van der Waals surface area contributed by atoms with E-state index in [0.29, 0.717) is 16.6 Å². The Kier molecular flexibility index (Phi) is 3.17. The zero-order valence-electron chi connectivity index (χ0n) is 8.14. The first kappa shape index (κ1) is 11.5. The molecular weight excluding hydrogens is 249 g/mol. The molecule has 0 aliphatic carbocycles. The Hall–Kier alpha value is -0.610. The number of halogens is 2. The van der Waals surface area contributed by atoms with Crippen molar-refractivity contribution in [3.8, 4) is 5.75 Å². The first-order valence-corrected chi connectivity index (χ1v) is 5.06. The van der Waals surface area contributed by atoms with Gasteiger partial charge in [-0.05, 0) is 12.1 Å². The van der Waals surface area contributed by atoms with E-state index >= 15 is 0 Å². The van der Waals surface area contributed by atoms with Gasteiger partial charge in [0.15, 0.2) is 11.6 Å². The summed E-state index contributed by atoms with van der Waals surface area (Å²) < 4.78 is 13.8. The minimum absolute atomic E-state index is 0.316. The summed E-state index contributed by atoms with van der Waals surface area (Å²) in [5, 5.41) is 9.54. The van der Waals surface area contributed by atoms with Gasteiger partial charge in [-0.2, -0.15) is 0 Å². The molecule has 1 rings (SSSR count). The fourth-order valence-corrected chi connectivity index (χ4v) is 1.62. The van der Waals surface area contributed by atoms with Gasteiger partial charge in [-0.25, -0.2) is 4.39 Å². The Morgan fingerprint density at radius 2 is 2.07 bits per heavy atom. The maximum Gasteiger partial charge on any atom is 0.166 e. The Morgan fingerprint density at radius 3 is 2.57 bits per heavy atom. The van der Waals surface area contributed by atoms with Crippen LogP contribution in [0, 0.1) is 5.82 Å². The third-order valence-electron chi connectivity index (χ3n) is 2.27. The molecule has 78 valence electrons. The summed E-state index contributed by atoms with van der Waals surface area (Å²) in [5.74, 6) is -0.945. The number of rotatable bonds is 2. The average molecular weight is 262 g/mol. The van der Waals surface area contributed by atoms with Crippen molar-refractivity contribution in [3.63, 3.8) is 0 Å². The normalized spacial score (nSPS) is 11.8. The zero-order chi connectivity index (χ0) is 10.9. The Balaban J connectivity index is 3.34. The molecule has 14 heavy (non-hydrogen) atoms. The lowest BCUT2D eigenvalue weighted by molar-refractivity contribution is 0.404. The molecule has 2 nitrogen and oxygen atoms in total. The minimum atomic E-state index is -0.629. The zero-order valence-corrected chi connectivity index (χ0v) is 9.73. The molecule has 0 heterocycles. The van der Waals surface area contributed by atoms with Crippen LogP contribution in [0.4, 0.5) is 4.39 Å². The molecule has 0 radical (unpaired) electrons. The molecule has 0 saturated heterocycles. The molecule has 0 atom stereocenters. The lowest BCUT2D eigenvalue weighted by Crippen LogP contribution is -2.28. The first-order chi connectivity index (χ1) is 6.38. The van der Waals surface area contributed by atoms with E-state index in [1.165, 1.54) is 6.07 Å². The van der Waals surface area contributed by atoms with E-state index in [4.69, 9.17) is 5.73 Å². The standard InChI is InChI=1S/C10H13BrFNO/c1-10(2,5-13)7-3-6(11)4-8(12)9(7)14/h3-4,14H,5,13H2,1-2H3. The SMILES string of the molecule is CC(C)(CN)c1cc(Br)cc(F)c1O. The number of phenols is 1. The molecule has 0 aliphatic heterocycles. The highest BCUT2D eigenvalue weighted by Crippen LogP contribution is 2.34. The highest BCUT2D eigenvalue weighted by Gasteiger charge is 2.24. The summed E-state index contributed by atoms with van der Waals surface area (Å²) in [6, 6.07) is 2.91. The molecule has 0 aromatic heterocycles. The van der Waals surface area contributed by atoms with E-state index in [9.17, 15) is 9.50 Å². The number of hydrogen-bond donors (Lipinski definition) is 2. The van der Waals surface area contributed by atoms with Crippen molar-refractivity contribution in [1.82, 2.24) is 0 Å². The van der Waals surface area contributed by atoms with Crippen molar-refractivity contribution in [1.29, 1.82) is 0 Å². The third-order valence-corrected chi connectivity index (χ3v) is 2.73. The quantitative estimate of drug-likeness (QED) is 0.860. The van der Waals surface area contributed by atoms with Crippen LogP contribution in [-0.2, 0) is 5.41 Å². The minimum Gasteiger partial charge on any atom is -0.505 e. The molecule has 1 aromatic carbocycles. The predicted octanol–water partition coefficient (Wildman–Crippen LogP) is 2.53. The van der Waals surface area contributed by atoms with Gasteiger partial charge in [-0.1, -0.05) is 29.8 Å². The van der Waals surface area contributed by atoms with Crippen molar-refractivity contribution in [3.05, 3.63) is 28.0 Å². The van der Waals surface area contributed by atoms with Crippen molar-refractivity contribution >= 4 is 15.9 Å². The van der Waals surface area contributed by atoms with Crippen LogP contribution in [0.3, 0.4) is 0 Å². The molecule has 4 heteroatoms. The Morgan fingerprint density at radius 1 is 1.50 bits per heavy atom. The molecular formula is C10H13BrFNO. The fraction of sp³-hybridized carbons (Fsp3) is 0.400. The maximum absolute atomic E-state index is 13.2. The molecule has 0 fully saturated rings. The van der Waals surface area contributed by atoms with Gasteiger partial charge >= 0.3 is 0 Å². The summed E-state index contributed by atoms with van der Waals surface area (Å²) >= 11 is 3.18. The number of phenolic OH excluding ortho intramolecular Hbond substituents is 1. The van der Waals surface area contributed by atoms with E-state index in [1.54, 1.807) is 6.07 Å². The monoisotopic (exact) mass is 261 g/mol. The molecule has 0 unspecified atom stereocenters. The Bertz CT molecular complexity index is 352. The second kappa shape index (κ2) is 3.87. The smallest absolute Gasteiger partial charge is 0.166 e.